The van der Waals surface area contributed by atoms with Gasteiger partial charge in [0.05, 0.1) is 7.11 Å². The van der Waals surface area contributed by atoms with Crippen LogP contribution in [0.3, 0.4) is 0 Å². The van der Waals surface area contributed by atoms with Crippen LogP contribution in [0.1, 0.15) is 6.42 Å². The summed E-state index contributed by atoms with van der Waals surface area (Å²) in [6.07, 6.45) is 0.768. The fourth-order valence-corrected chi connectivity index (χ4v) is 0.700. The van der Waals surface area contributed by atoms with Crippen LogP contribution in [0.5, 0.6) is 0 Å². The molecule has 0 saturated carbocycles. The Bertz CT molecular complexity index is 133. The predicted octanol–water partition coefficient (Wildman–Crippen LogP) is -0.181. The standard InChI is InChI=1S/C6H13N3O/c1-9(10-2)6(7)3-5-4-8-5/h5,7-8H,3-4H2,1-2H3. The summed E-state index contributed by atoms with van der Waals surface area (Å²) in [7, 11) is 3.31. The fraction of sp³-hybridized carbons (Fsp3) is 0.833. The van der Waals surface area contributed by atoms with E-state index in [9.17, 15) is 0 Å². The second-order valence-corrected chi connectivity index (χ2v) is 2.44. The maximum atomic E-state index is 7.43. The van der Waals surface area contributed by atoms with Crippen molar-refractivity contribution >= 4 is 5.84 Å². The van der Waals surface area contributed by atoms with Gasteiger partial charge in [0.2, 0.25) is 0 Å². The van der Waals surface area contributed by atoms with Crippen LogP contribution >= 0.6 is 0 Å². The highest BCUT2D eigenvalue weighted by molar-refractivity contribution is 5.78. The number of hydrogen-bond acceptors (Lipinski definition) is 3. The van der Waals surface area contributed by atoms with Gasteiger partial charge in [-0.15, -0.1) is 0 Å². The molecule has 0 aliphatic carbocycles. The van der Waals surface area contributed by atoms with Crippen molar-refractivity contribution in [2.45, 2.75) is 12.5 Å². The van der Waals surface area contributed by atoms with E-state index in [4.69, 9.17) is 10.2 Å². The maximum Gasteiger partial charge on any atom is 0.122 e. The lowest BCUT2D eigenvalue weighted by Gasteiger charge is -2.15. The topological polar surface area (TPSA) is 58.3 Å². The van der Waals surface area contributed by atoms with E-state index >= 15 is 0 Å². The summed E-state index contributed by atoms with van der Waals surface area (Å²) in [4.78, 5) is 4.82. The third-order valence-corrected chi connectivity index (χ3v) is 1.59. The van der Waals surface area contributed by atoms with Crippen molar-refractivity contribution in [2.24, 2.45) is 0 Å². The van der Waals surface area contributed by atoms with Crippen LogP contribution in [0.15, 0.2) is 0 Å². The van der Waals surface area contributed by atoms with Crippen molar-refractivity contribution < 1.29 is 4.84 Å². The van der Waals surface area contributed by atoms with Crippen LogP contribution in [-0.4, -0.2) is 37.6 Å². The van der Waals surface area contributed by atoms with E-state index in [-0.39, 0.29) is 0 Å². The highest BCUT2D eigenvalue weighted by Crippen LogP contribution is 2.04. The van der Waals surface area contributed by atoms with Crippen molar-refractivity contribution in [1.82, 2.24) is 10.4 Å². The predicted molar refractivity (Wildman–Crippen MR) is 38.9 cm³/mol. The third kappa shape index (κ3) is 1.97. The number of hydrogen-bond donors (Lipinski definition) is 2. The molecule has 10 heavy (non-hydrogen) atoms. The summed E-state index contributed by atoms with van der Waals surface area (Å²) in [5.74, 6) is 0.525. The van der Waals surface area contributed by atoms with Crippen molar-refractivity contribution in [2.75, 3.05) is 20.7 Å². The van der Waals surface area contributed by atoms with Gasteiger partial charge in [0.15, 0.2) is 0 Å². The van der Waals surface area contributed by atoms with Crippen LogP contribution in [0.25, 0.3) is 0 Å². The van der Waals surface area contributed by atoms with Crippen LogP contribution in [-0.2, 0) is 4.84 Å². The number of hydroxylamine groups is 2. The first-order valence-corrected chi connectivity index (χ1v) is 3.32. The molecular formula is C6H13N3O. The van der Waals surface area contributed by atoms with Gasteiger partial charge in [0.25, 0.3) is 0 Å². The SMILES string of the molecule is CON(C)C(=N)CC1CN1. The van der Waals surface area contributed by atoms with Crippen molar-refractivity contribution in [3.05, 3.63) is 0 Å². The van der Waals surface area contributed by atoms with E-state index in [1.54, 1.807) is 14.2 Å². The Morgan fingerprint density at radius 2 is 2.50 bits per heavy atom. The molecule has 0 aromatic rings. The van der Waals surface area contributed by atoms with Gasteiger partial charge in [-0.1, -0.05) is 0 Å². The summed E-state index contributed by atoms with van der Waals surface area (Å²) in [5.41, 5.74) is 0. The molecule has 1 atom stereocenters. The molecule has 58 valence electrons. The molecular weight excluding hydrogens is 130 g/mol. The summed E-state index contributed by atoms with van der Waals surface area (Å²) in [5, 5.41) is 12.0. The molecule has 1 saturated heterocycles. The number of rotatable bonds is 3. The molecule has 1 aliphatic rings. The van der Waals surface area contributed by atoms with Gasteiger partial charge < -0.3 is 5.32 Å². The normalized spacial score (nSPS) is 22.4. The number of nitrogens with zero attached hydrogens (tertiary/aromatic N) is 1. The average molecular weight is 143 g/mol. The Labute approximate surface area is 60.6 Å². The number of amidine groups is 1. The maximum absolute atomic E-state index is 7.43. The molecule has 0 amide bonds. The molecule has 0 radical (unpaired) electrons. The van der Waals surface area contributed by atoms with Crippen LogP contribution in [0.2, 0.25) is 0 Å². The molecule has 1 heterocycles. The lowest BCUT2D eigenvalue weighted by atomic mass is 10.3. The highest BCUT2D eigenvalue weighted by atomic mass is 16.7. The molecule has 1 rings (SSSR count). The fourth-order valence-electron chi connectivity index (χ4n) is 0.700. The Kier molecular flexibility index (Phi) is 2.24. The third-order valence-electron chi connectivity index (χ3n) is 1.59. The zero-order valence-corrected chi connectivity index (χ0v) is 6.35. The van der Waals surface area contributed by atoms with E-state index in [2.05, 4.69) is 5.32 Å². The molecule has 0 aromatic carbocycles. The largest absolute Gasteiger partial charge is 0.311 e. The second-order valence-electron chi connectivity index (χ2n) is 2.44. The van der Waals surface area contributed by atoms with Crippen molar-refractivity contribution in [1.29, 1.82) is 5.41 Å². The van der Waals surface area contributed by atoms with Gasteiger partial charge in [-0.25, -0.2) is 5.06 Å². The van der Waals surface area contributed by atoms with Gasteiger partial charge in [0.1, 0.15) is 5.84 Å². The van der Waals surface area contributed by atoms with Crippen molar-refractivity contribution in [3.8, 4) is 0 Å². The number of nitrogens with one attached hydrogen (secondary N) is 2. The molecule has 2 N–H and O–H groups in total. The highest BCUT2D eigenvalue weighted by Gasteiger charge is 2.22. The van der Waals surface area contributed by atoms with Crippen molar-refractivity contribution in [3.63, 3.8) is 0 Å². The van der Waals surface area contributed by atoms with E-state index in [1.807, 2.05) is 0 Å². The lowest BCUT2D eigenvalue weighted by molar-refractivity contribution is -0.0445. The van der Waals surface area contributed by atoms with Crippen LogP contribution in [0.4, 0.5) is 0 Å². The van der Waals surface area contributed by atoms with Gasteiger partial charge in [-0.3, -0.25) is 10.2 Å². The zero-order valence-electron chi connectivity index (χ0n) is 6.35. The van der Waals surface area contributed by atoms with Gasteiger partial charge in [-0.05, 0) is 0 Å². The lowest BCUT2D eigenvalue weighted by Crippen LogP contribution is -2.26. The molecule has 1 aliphatic heterocycles. The first-order valence-electron chi connectivity index (χ1n) is 3.32. The van der Waals surface area contributed by atoms with Gasteiger partial charge >= 0.3 is 0 Å². The Hall–Kier alpha value is -0.610. The van der Waals surface area contributed by atoms with E-state index in [0.717, 1.165) is 13.0 Å². The summed E-state index contributed by atoms with van der Waals surface area (Å²) >= 11 is 0. The van der Waals surface area contributed by atoms with Crippen LogP contribution in [0, 0.1) is 5.41 Å². The molecule has 0 aromatic heterocycles. The summed E-state index contributed by atoms with van der Waals surface area (Å²) in [6, 6.07) is 0.519. The average Bonchev–Trinajstić information content (AvgIpc) is 2.70. The summed E-state index contributed by atoms with van der Waals surface area (Å²) in [6.45, 7) is 1.04. The van der Waals surface area contributed by atoms with Crippen LogP contribution < -0.4 is 5.32 Å². The molecule has 1 unspecified atom stereocenters. The zero-order chi connectivity index (χ0) is 7.56. The Balaban J connectivity index is 2.18. The first kappa shape index (κ1) is 7.50. The molecule has 4 nitrogen and oxygen atoms in total. The van der Waals surface area contributed by atoms with Gasteiger partial charge in [0, 0.05) is 26.1 Å². The van der Waals surface area contributed by atoms with E-state index < -0.39 is 0 Å². The minimum atomic E-state index is 0.519. The van der Waals surface area contributed by atoms with E-state index in [1.165, 1.54) is 5.06 Å². The molecule has 0 bridgehead atoms. The minimum Gasteiger partial charge on any atom is -0.311 e. The smallest absolute Gasteiger partial charge is 0.122 e. The monoisotopic (exact) mass is 143 g/mol. The molecule has 4 heteroatoms. The Morgan fingerprint density at radius 3 is 2.90 bits per heavy atom. The Morgan fingerprint density at radius 1 is 1.90 bits per heavy atom. The minimum absolute atomic E-state index is 0.519. The first-order chi connectivity index (χ1) is 4.74. The molecule has 0 spiro atoms. The quantitative estimate of drug-likeness (QED) is 0.249. The van der Waals surface area contributed by atoms with E-state index in [0.29, 0.717) is 11.9 Å². The summed E-state index contributed by atoms with van der Waals surface area (Å²) < 4.78 is 0. The molecule has 1 fully saturated rings. The van der Waals surface area contributed by atoms with Gasteiger partial charge in [-0.2, -0.15) is 0 Å². The second kappa shape index (κ2) is 2.98.